The van der Waals surface area contributed by atoms with Crippen LogP contribution in [0.25, 0.3) is 0 Å². The van der Waals surface area contributed by atoms with Crippen molar-refractivity contribution in [2.24, 2.45) is 16.6 Å². The highest BCUT2D eigenvalue weighted by molar-refractivity contribution is 5.93. The van der Waals surface area contributed by atoms with Gasteiger partial charge in [0.25, 0.3) is 0 Å². The van der Waals surface area contributed by atoms with E-state index in [9.17, 15) is 4.79 Å². The van der Waals surface area contributed by atoms with Crippen LogP contribution in [0.4, 0.5) is 5.69 Å². The number of nitrogens with one attached hydrogen (secondary N) is 1. The van der Waals surface area contributed by atoms with E-state index in [-0.39, 0.29) is 0 Å². The van der Waals surface area contributed by atoms with E-state index < -0.39 is 0 Å². The van der Waals surface area contributed by atoms with Gasteiger partial charge in [0.05, 0.1) is 0 Å². The summed E-state index contributed by atoms with van der Waals surface area (Å²) >= 11 is 0. The van der Waals surface area contributed by atoms with E-state index >= 15 is 0 Å². The molecule has 3 N–H and O–H groups in total. The van der Waals surface area contributed by atoms with Crippen molar-refractivity contribution < 1.29 is 4.79 Å². The summed E-state index contributed by atoms with van der Waals surface area (Å²) in [5, 5.41) is 3.28. The highest BCUT2D eigenvalue weighted by atomic mass is 16.2. The van der Waals surface area contributed by atoms with Crippen LogP contribution in [-0.2, 0) is 17.6 Å². The molecule has 0 aromatic heterocycles. The molecule has 1 aromatic rings. The number of guanidine groups is 1. The number of rotatable bonds is 4. The molecule has 1 saturated heterocycles. The fourth-order valence-electron chi connectivity index (χ4n) is 3.97. The number of nitrogens with two attached hydrogens (primary N) is 1. The number of amides is 1. The van der Waals surface area contributed by atoms with E-state index in [1.54, 1.807) is 0 Å². The van der Waals surface area contributed by atoms with E-state index in [0.717, 1.165) is 25.1 Å². The molecular weight excluding hydrogens is 300 g/mol. The summed E-state index contributed by atoms with van der Waals surface area (Å²) in [5.74, 6) is 1.07. The van der Waals surface area contributed by atoms with Crippen LogP contribution in [0, 0.1) is 5.92 Å². The van der Waals surface area contributed by atoms with Crippen LogP contribution in [0.1, 0.15) is 43.2 Å². The summed E-state index contributed by atoms with van der Waals surface area (Å²) in [7, 11) is 0. The van der Waals surface area contributed by atoms with Gasteiger partial charge in [0.15, 0.2) is 5.96 Å². The van der Waals surface area contributed by atoms with Gasteiger partial charge in [0, 0.05) is 37.2 Å². The summed E-state index contributed by atoms with van der Waals surface area (Å²) in [6.45, 7) is 1.48. The largest absolute Gasteiger partial charge is 0.370 e. The maximum atomic E-state index is 12.0. The molecule has 0 radical (unpaired) electrons. The first-order valence-corrected chi connectivity index (χ1v) is 9.18. The Hall–Kier alpha value is -2.04. The number of hydrogen-bond donors (Lipinski definition) is 2. The summed E-state index contributed by atoms with van der Waals surface area (Å²) in [5.41, 5.74) is 10.0. The Bertz CT molecular complexity index is 665. The number of benzene rings is 1. The standard InChI is InChI=1S/C19H26N4O/c20-19(21-11-13-10-18(24)23(12-13)15-8-9-15)22-17-7-3-5-14-4-1-2-6-16(14)17/h3,5,7,13,15H,1-2,4,6,8-12H2,(H3,20,21,22). The second kappa shape index (κ2) is 6.46. The molecule has 2 fully saturated rings. The van der Waals surface area contributed by atoms with E-state index in [0.29, 0.717) is 36.8 Å². The van der Waals surface area contributed by atoms with Crippen molar-refractivity contribution in [3.63, 3.8) is 0 Å². The predicted octanol–water partition coefficient (Wildman–Crippen LogP) is 2.30. The third-order valence-corrected chi connectivity index (χ3v) is 5.40. The summed E-state index contributed by atoms with van der Waals surface area (Å²) in [4.78, 5) is 18.5. The van der Waals surface area contributed by atoms with E-state index in [1.165, 1.54) is 36.8 Å². The third-order valence-electron chi connectivity index (χ3n) is 5.40. The number of aliphatic imine (C=N–C) groups is 1. The van der Waals surface area contributed by atoms with Crippen molar-refractivity contribution in [2.45, 2.75) is 51.0 Å². The van der Waals surface area contributed by atoms with E-state index in [2.05, 4.69) is 28.5 Å². The molecule has 5 nitrogen and oxygen atoms in total. The molecule has 1 aliphatic heterocycles. The third kappa shape index (κ3) is 3.25. The monoisotopic (exact) mass is 326 g/mol. The minimum Gasteiger partial charge on any atom is -0.370 e. The zero-order valence-electron chi connectivity index (χ0n) is 14.1. The minimum atomic E-state index is 0.293. The molecular formula is C19H26N4O. The molecule has 1 heterocycles. The molecule has 1 atom stereocenters. The number of anilines is 1. The Kier molecular flexibility index (Phi) is 4.17. The van der Waals surface area contributed by atoms with Crippen LogP contribution in [-0.4, -0.2) is 35.9 Å². The lowest BCUT2D eigenvalue weighted by Gasteiger charge is -2.20. The Labute approximate surface area is 143 Å². The number of aryl methyl sites for hydroxylation is 1. The Morgan fingerprint density at radius 1 is 1.29 bits per heavy atom. The molecule has 0 bridgehead atoms. The van der Waals surface area contributed by atoms with Gasteiger partial charge in [0.1, 0.15) is 0 Å². The Morgan fingerprint density at radius 3 is 2.96 bits per heavy atom. The van der Waals surface area contributed by atoms with Gasteiger partial charge < -0.3 is 16.0 Å². The second-order valence-electron chi connectivity index (χ2n) is 7.35. The fourth-order valence-corrected chi connectivity index (χ4v) is 3.97. The topological polar surface area (TPSA) is 70.7 Å². The Morgan fingerprint density at radius 2 is 2.12 bits per heavy atom. The first-order valence-electron chi connectivity index (χ1n) is 9.18. The zero-order chi connectivity index (χ0) is 16.5. The van der Waals surface area contributed by atoms with Gasteiger partial charge in [-0.15, -0.1) is 0 Å². The summed E-state index contributed by atoms with van der Waals surface area (Å²) in [6.07, 6.45) is 7.74. The molecule has 1 amide bonds. The maximum Gasteiger partial charge on any atom is 0.223 e. The van der Waals surface area contributed by atoms with E-state index in [1.807, 2.05) is 4.90 Å². The molecule has 1 aromatic carbocycles. The molecule has 24 heavy (non-hydrogen) atoms. The molecule has 0 spiro atoms. The molecule has 4 rings (SSSR count). The minimum absolute atomic E-state index is 0.293. The number of carbonyl (C=O) groups is 1. The van der Waals surface area contributed by atoms with Crippen LogP contribution < -0.4 is 11.1 Å². The molecule has 2 aliphatic carbocycles. The van der Waals surface area contributed by atoms with Crippen molar-refractivity contribution in [3.05, 3.63) is 29.3 Å². The average Bonchev–Trinajstić information content (AvgIpc) is 3.36. The quantitative estimate of drug-likeness (QED) is 0.659. The number of nitrogens with zero attached hydrogens (tertiary/aromatic N) is 2. The predicted molar refractivity (Wildman–Crippen MR) is 96.0 cm³/mol. The highest BCUT2D eigenvalue weighted by Crippen LogP contribution is 2.32. The van der Waals surface area contributed by atoms with Gasteiger partial charge in [0.2, 0.25) is 5.91 Å². The van der Waals surface area contributed by atoms with Crippen molar-refractivity contribution in [1.82, 2.24) is 4.90 Å². The molecule has 1 unspecified atom stereocenters. The van der Waals surface area contributed by atoms with Crippen LogP contribution in [0.3, 0.4) is 0 Å². The molecule has 128 valence electrons. The lowest BCUT2D eigenvalue weighted by atomic mass is 9.90. The van der Waals surface area contributed by atoms with Gasteiger partial charge in [-0.3, -0.25) is 9.79 Å². The molecule has 1 saturated carbocycles. The van der Waals surface area contributed by atoms with Crippen molar-refractivity contribution in [1.29, 1.82) is 0 Å². The van der Waals surface area contributed by atoms with Gasteiger partial charge in [-0.2, -0.15) is 0 Å². The average molecular weight is 326 g/mol. The van der Waals surface area contributed by atoms with Gasteiger partial charge >= 0.3 is 0 Å². The van der Waals surface area contributed by atoms with Crippen LogP contribution in [0.2, 0.25) is 0 Å². The Balaban J connectivity index is 1.37. The number of fused-ring (bicyclic) bond motifs is 1. The van der Waals surface area contributed by atoms with Crippen LogP contribution in [0.15, 0.2) is 23.2 Å². The molecule has 5 heteroatoms. The fraction of sp³-hybridized carbons (Fsp3) is 0.579. The SMILES string of the molecule is NC(=NCC1CC(=O)N(C2CC2)C1)Nc1cccc2c1CCCC2. The lowest BCUT2D eigenvalue weighted by molar-refractivity contribution is -0.128. The second-order valence-corrected chi connectivity index (χ2v) is 7.35. The van der Waals surface area contributed by atoms with Crippen molar-refractivity contribution >= 4 is 17.6 Å². The maximum absolute atomic E-state index is 12.0. The number of likely N-dealkylation sites (tertiary alicyclic amines) is 1. The zero-order valence-corrected chi connectivity index (χ0v) is 14.1. The van der Waals surface area contributed by atoms with Gasteiger partial charge in [-0.25, -0.2) is 0 Å². The highest BCUT2D eigenvalue weighted by Gasteiger charge is 2.39. The summed E-state index contributed by atoms with van der Waals surface area (Å²) < 4.78 is 0. The van der Waals surface area contributed by atoms with Gasteiger partial charge in [-0.1, -0.05) is 12.1 Å². The first-order chi connectivity index (χ1) is 11.7. The lowest BCUT2D eigenvalue weighted by Crippen LogP contribution is -2.28. The molecule has 3 aliphatic rings. The first kappa shape index (κ1) is 15.5. The van der Waals surface area contributed by atoms with Crippen molar-refractivity contribution in [2.75, 3.05) is 18.4 Å². The van der Waals surface area contributed by atoms with Crippen molar-refractivity contribution in [3.8, 4) is 0 Å². The smallest absolute Gasteiger partial charge is 0.223 e. The van der Waals surface area contributed by atoms with E-state index in [4.69, 9.17) is 5.73 Å². The van der Waals surface area contributed by atoms with Gasteiger partial charge in [-0.05, 0) is 55.7 Å². The number of hydrogen-bond acceptors (Lipinski definition) is 2. The summed E-state index contributed by atoms with van der Waals surface area (Å²) in [6, 6.07) is 6.89. The van der Waals surface area contributed by atoms with Crippen LogP contribution in [0.5, 0.6) is 0 Å². The number of carbonyl (C=O) groups excluding carboxylic acids is 1. The normalized spacial score (nSPS) is 24.2. The van der Waals surface area contributed by atoms with Crippen LogP contribution >= 0.6 is 0 Å².